The van der Waals surface area contributed by atoms with Crippen LogP contribution in [0.5, 0.6) is 0 Å². The Morgan fingerprint density at radius 2 is 1.88 bits per heavy atom. The fourth-order valence-corrected chi connectivity index (χ4v) is 2.74. The van der Waals surface area contributed by atoms with Crippen LogP contribution in [0.15, 0.2) is 35.6 Å². The van der Waals surface area contributed by atoms with Gasteiger partial charge in [0.2, 0.25) is 5.91 Å². The zero-order valence-corrected chi connectivity index (χ0v) is 15.4. The number of nitrogens with one attached hydrogen (secondary N) is 2. The number of imidazole rings is 1. The van der Waals surface area contributed by atoms with Crippen molar-refractivity contribution in [3.8, 4) is 5.69 Å². The number of hydrogen-bond donors (Lipinski definition) is 2. The highest BCUT2D eigenvalue weighted by molar-refractivity contribution is 7.98. The van der Waals surface area contributed by atoms with E-state index in [1.165, 1.54) is 30.1 Å². The lowest BCUT2D eigenvalue weighted by atomic mass is 10.1. The van der Waals surface area contributed by atoms with Crippen molar-refractivity contribution in [3.63, 3.8) is 0 Å². The number of carbonyl (C=O) groups is 2. The first kappa shape index (κ1) is 19.0. The summed E-state index contributed by atoms with van der Waals surface area (Å²) in [5.74, 6) is -1.07. The number of hydrogen-bond acceptors (Lipinski definition) is 4. The maximum Gasteiger partial charge on any atom is 0.270 e. The zero-order valence-electron chi connectivity index (χ0n) is 14.6. The molecular weight excluding hydrogens is 343 g/mol. The summed E-state index contributed by atoms with van der Waals surface area (Å²) >= 11 is 1.36. The average Bonchev–Trinajstić information content (AvgIpc) is 2.95. The Hall–Kier alpha value is -2.35. The van der Waals surface area contributed by atoms with E-state index in [-0.39, 0.29) is 29.5 Å². The molecule has 0 fully saturated rings. The fraction of sp³-hybridized carbons (Fsp3) is 0.353. The third-order valence-electron chi connectivity index (χ3n) is 3.15. The monoisotopic (exact) mass is 364 g/mol. The molecule has 2 rings (SSSR count). The van der Waals surface area contributed by atoms with Gasteiger partial charge >= 0.3 is 0 Å². The van der Waals surface area contributed by atoms with E-state index in [9.17, 15) is 14.0 Å². The van der Waals surface area contributed by atoms with E-state index in [4.69, 9.17) is 0 Å². The van der Waals surface area contributed by atoms with Gasteiger partial charge in [-0.2, -0.15) is 0 Å². The highest BCUT2D eigenvalue weighted by atomic mass is 32.2. The van der Waals surface area contributed by atoms with Crippen molar-refractivity contribution in [2.24, 2.45) is 0 Å². The normalized spacial score (nSPS) is 11.2. The number of rotatable bonds is 5. The molecule has 0 unspecified atom stereocenters. The summed E-state index contributed by atoms with van der Waals surface area (Å²) < 4.78 is 14.8. The molecule has 0 radical (unpaired) electrons. The number of nitrogens with zero attached hydrogens (tertiary/aromatic N) is 2. The standard InChI is InChI=1S/C17H21FN4O2S/c1-17(2,3)21-14(23)10-19-15(24)13-9-20-16(25-4)22(13)12-7-5-11(18)6-8-12/h5-9H,10H2,1-4H3,(H,19,24)(H,21,23). The summed E-state index contributed by atoms with van der Waals surface area (Å²) in [6.45, 7) is 5.45. The SMILES string of the molecule is CSc1ncc(C(=O)NCC(=O)NC(C)(C)C)n1-c1ccc(F)cc1. The molecule has 8 heteroatoms. The van der Waals surface area contributed by atoms with Crippen molar-refractivity contribution >= 4 is 23.6 Å². The van der Waals surface area contributed by atoms with Crippen LogP contribution in [-0.4, -0.2) is 39.7 Å². The molecule has 0 spiro atoms. The van der Waals surface area contributed by atoms with Crippen LogP contribution in [0.1, 0.15) is 31.3 Å². The van der Waals surface area contributed by atoms with Gasteiger partial charge in [0, 0.05) is 11.2 Å². The highest BCUT2D eigenvalue weighted by Crippen LogP contribution is 2.22. The third kappa shape index (κ3) is 5.06. The molecule has 0 saturated carbocycles. The molecule has 0 saturated heterocycles. The third-order valence-corrected chi connectivity index (χ3v) is 3.81. The number of halogens is 1. The number of carbonyl (C=O) groups excluding carboxylic acids is 2. The van der Waals surface area contributed by atoms with Crippen LogP contribution in [0.4, 0.5) is 4.39 Å². The van der Waals surface area contributed by atoms with Gasteiger partial charge < -0.3 is 10.6 Å². The van der Waals surface area contributed by atoms with Gasteiger partial charge in [0.05, 0.1) is 12.7 Å². The number of amides is 2. The number of benzene rings is 1. The molecule has 2 aromatic rings. The van der Waals surface area contributed by atoms with Gasteiger partial charge in [-0.3, -0.25) is 14.2 Å². The smallest absolute Gasteiger partial charge is 0.270 e. The predicted molar refractivity (Wildman–Crippen MR) is 95.5 cm³/mol. The van der Waals surface area contributed by atoms with E-state index in [2.05, 4.69) is 15.6 Å². The first-order valence-corrected chi connectivity index (χ1v) is 8.90. The minimum Gasteiger partial charge on any atom is -0.350 e. The summed E-state index contributed by atoms with van der Waals surface area (Å²) in [6.07, 6.45) is 3.27. The molecule has 0 atom stereocenters. The van der Waals surface area contributed by atoms with Gasteiger partial charge in [-0.1, -0.05) is 11.8 Å². The minimum absolute atomic E-state index is 0.140. The molecule has 134 valence electrons. The molecule has 0 aliphatic heterocycles. The van der Waals surface area contributed by atoms with Crippen LogP contribution in [0.25, 0.3) is 5.69 Å². The van der Waals surface area contributed by atoms with Crippen LogP contribution >= 0.6 is 11.8 Å². The minimum atomic E-state index is -0.429. The zero-order chi connectivity index (χ0) is 18.6. The Morgan fingerprint density at radius 1 is 1.24 bits per heavy atom. The summed E-state index contributed by atoms with van der Waals surface area (Å²) in [7, 11) is 0. The van der Waals surface area contributed by atoms with Gasteiger partial charge in [-0.25, -0.2) is 9.37 Å². The van der Waals surface area contributed by atoms with Crippen molar-refractivity contribution in [3.05, 3.63) is 42.0 Å². The molecule has 0 aliphatic rings. The lowest BCUT2D eigenvalue weighted by Gasteiger charge is -2.20. The first-order valence-electron chi connectivity index (χ1n) is 7.68. The van der Waals surface area contributed by atoms with Crippen LogP contribution in [-0.2, 0) is 4.79 Å². The molecule has 0 aliphatic carbocycles. The van der Waals surface area contributed by atoms with E-state index < -0.39 is 5.91 Å². The van der Waals surface area contributed by atoms with E-state index in [0.29, 0.717) is 10.8 Å². The molecule has 1 aromatic heterocycles. The quantitative estimate of drug-likeness (QED) is 0.799. The summed E-state index contributed by atoms with van der Waals surface area (Å²) in [4.78, 5) is 28.5. The molecule has 6 nitrogen and oxygen atoms in total. The van der Waals surface area contributed by atoms with Crippen molar-refractivity contribution in [1.82, 2.24) is 20.2 Å². The number of aromatic nitrogens is 2. The fourth-order valence-electron chi connectivity index (χ4n) is 2.19. The maximum atomic E-state index is 13.2. The van der Waals surface area contributed by atoms with Crippen LogP contribution < -0.4 is 10.6 Å². The largest absolute Gasteiger partial charge is 0.350 e. The molecule has 2 amide bonds. The van der Waals surface area contributed by atoms with Gasteiger partial charge in [-0.05, 0) is 51.3 Å². The summed E-state index contributed by atoms with van der Waals surface area (Å²) in [6, 6.07) is 5.77. The highest BCUT2D eigenvalue weighted by Gasteiger charge is 2.19. The summed E-state index contributed by atoms with van der Waals surface area (Å²) in [5, 5.41) is 5.95. The van der Waals surface area contributed by atoms with Crippen LogP contribution in [0, 0.1) is 5.82 Å². The Morgan fingerprint density at radius 3 is 2.44 bits per heavy atom. The second-order valence-electron chi connectivity index (χ2n) is 6.42. The average molecular weight is 364 g/mol. The van der Waals surface area contributed by atoms with Crippen molar-refractivity contribution < 1.29 is 14.0 Å². The van der Waals surface area contributed by atoms with Crippen molar-refractivity contribution in [2.75, 3.05) is 12.8 Å². The van der Waals surface area contributed by atoms with Gasteiger partial charge in [0.15, 0.2) is 5.16 Å². The van der Waals surface area contributed by atoms with Crippen molar-refractivity contribution in [2.45, 2.75) is 31.5 Å². The van der Waals surface area contributed by atoms with Crippen molar-refractivity contribution in [1.29, 1.82) is 0 Å². The molecular formula is C17H21FN4O2S. The topological polar surface area (TPSA) is 76.0 Å². The van der Waals surface area contributed by atoms with Gasteiger partial charge in [0.25, 0.3) is 5.91 Å². The second kappa shape index (κ2) is 7.69. The molecule has 1 aromatic carbocycles. The van der Waals surface area contributed by atoms with E-state index in [0.717, 1.165) is 0 Å². The first-order chi connectivity index (χ1) is 11.7. The molecule has 0 bridgehead atoms. The lowest BCUT2D eigenvalue weighted by Crippen LogP contribution is -2.46. The van der Waals surface area contributed by atoms with Crippen LogP contribution in [0.2, 0.25) is 0 Å². The van der Waals surface area contributed by atoms with E-state index >= 15 is 0 Å². The second-order valence-corrected chi connectivity index (χ2v) is 7.20. The Kier molecular flexibility index (Phi) is 5.84. The molecule has 25 heavy (non-hydrogen) atoms. The lowest BCUT2D eigenvalue weighted by molar-refractivity contribution is -0.121. The maximum absolute atomic E-state index is 13.2. The molecule has 1 heterocycles. The van der Waals surface area contributed by atoms with E-state index in [1.807, 2.05) is 27.0 Å². The van der Waals surface area contributed by atoms with Crippen LogP contribution in [0.3, 0.4) is 0 Å². The summed E-state index contributed by atoms with van der Waals surface area (Å²) in [5.41, 5.74) is 0.524. The molecule has 2 N–H and O–H groups in total. The predicted octanol–water partition coefficient (Wildman–Crippen LogP) is 2.38. The number of thioether (sulfide) groups is 1. The Labute approximate surface area is 150 Å². The Bertz CT molecular complexity index is 766. The van der Waals surface area contributed by atoms with E-state index in [1.54, 1.807) is 16.7 Å². The van der Waals surface area contributed by atoms with Gasteiger partial charge in [0.1, 0.15) is 11.5 Å². The Balaban J connectivity index is 2.19. The van der Waals surface area contributed by atoms with Gasteiger partial charge in [-0.15, -0.1) is 0 Å².